The summed E-state index contributed by atoms with van der Waals surface area (Å²) in [6.45, 7) is 5.79. The normalized spacial score (nSPS) is 12.6. The van der Waals surface area contributed by atoms with Crippen LogP contribution in [0, 0.1) is 0 Å². The van der Waals surface area contributed by atoms with Gasteiger partial charge >= 0.3 is 0 Å². The number of hydrogen-bond acceptors (Lipinski definition) is 4. The molecule has 0 fully saturated rings. The number of halogens is 1. The van der Waals surface area contributed by atoms with E-state index in [1.807, 2.05) is 39.0 Å². The van der Waals surface area contributed by atoms with Crippen molar-refractivity contribution in [2.75, 3.05) is 0 Å². The largest absolute Gasteiger partial charge is 0.297 e. The highest BCUT2D eigenvalue weighted by atomic mass is 35.7. The van der Waals surface area contributed by atoms with Crippen LogP contribution in [0.5, 0.6) is 0 Å². The molecule has 0 amide bonds. The first-order chi connectivity index (χ1) is 8.71. The fourth-order valence-electron chi connectivity index (χ4n) is 1.72. The van der Waals surface area contributed by atoms with Crippen molar-refractivity contribution in [1.29, 1.82) is 0 Å². The van der Waals surface area contributed by atoms with Crippen LogP contribution in [-0.2, 0) is 14.5 Å². The second-order valence-electron chi connectivity index (χ2n) is 5.16. The molecule has 0 saturated carbocycles. The van der Waals surface area contributed by atoms with Gasteiger partial charge < -0.3 is 0 Å². The molecule has 5 nitrogen and oxygen atoms in total. The van der Waals surface area contributed by atoms with Crippen LogP contribution in [0.2, 0.25) is 0 Å². The Morgan fingerprint density at radius 1 is 1.11 bits per heavy atom. The summed E-state index contributed by atoms with van der Waals surface area (Å²) in [4.78, 5) is 0. The van der Waals surface area contributed by atoms with Gasteiger partial charge in [-0.1, -0.05) is 39.0 Å². The fourth-order valence-corrected chi connectivity index (χ4v) is 2.57. The maximum Gasteiger partial charge on any atom is 0.297 e. The smallest absolute Gasteiger partial charge is 0.268 e. The van der Waals surface area contributed by atoms with Gasteiger partial charge in [0.2, 0.25) is 0 Å². The van der Waals surface area contributed by atoms with E-state index in [9.17, 15) is 8.42 Å². The highest BCUT2D eigenvalue weighted by molar-refractivity contribution is 8.13. The van der Waals surface area contributed by atoms with Gasteiger partial charge in [-0.25, -0.2) is 8.42 Å². The minimum Gasteiger partial charge on any atom is -0.268 e. The van der Waals surface area contributed by atoms with Gasteiger partial charge in [0.1, 0.15) is 5.82 Å². The van der Waals surface area contributed by atoms with Gasteiger partial charge in [0.15, 0.2) is 0 Å². The molecule has 2 rings (SSSR count). The summed E-state index contributed by atoms with van der Waals surface area (Å²) in [5, 5.41) is 7.44. The lowest BCUT2D eigenvalue weighted by molar-refractivity contribution is 0.527. The van der Waals surface area contributed by atoms with Gasteiger partial charge in [-0.2, -0.15) is 0 Å². The molecule has 0 aliphatic carbocycles. The lowest BCUT2D eigenvalue weighted by Crippen LogP contribution is -2.19. The quantitative estimate of drug-likeness (QED) is 0.799. The van der Waals surface area contributed by atoms with Crippen LogP contribution in [0.4, 0.5) is 0 Å². The molecule has 0 unspecified atom stereocenters. The molecule has 102 valence electrons. The summed E-state index contributed by atoms with van der Waals surface area (Å²) in [6.07, 6.45) is 0. The lowest BCUT2D eigenvalue weighted by Gasteiger charge is -2.19. The van der Waals surface area contributed by atoms with Crippen LogP contribution in [0.25, 0.3) is 5.69 Å². The van der Waals surface area contributed by atoms with Gasteiger partial charge in [0, 0.05) is 21.8 Å². The van der Waals surface area contributed by atoms with E-state index < -0.39 is 9.05 Å². The zero-order valence-electron chi connectivity index (χ0n) is 10.8. The maximum absolute atomic E-state index is 11.6. The van der Waals surface area contributed by atoms with E-state index in [2.05, 4.69) is 10.2 Å². The van der Waals surface area contributed by atoms with E-state index >= 15 is 0 Å². The van der Waals surface area contributed by atoms with Crippen molar-refractivity contribution < 1.29 is 8.42 Å². The minimum atomic E-state index is -3.96. The van der Waals surface area contributed by atoms with Gasteiger partial charge in [-0.05, 0) is 12.1 Å². The number of nitrogens with zero attached hydrogens (tertiary/aromatic N) is 3. The minimum absolute atomic E-state index is 0.259. The van der Waals surface area contributed by atoms with Crippen molar-refractivity contribution >= 4 is 19.7 Å². The Kier molecular flexibility index (Phi) is 3.40. The predicted octanol–water partition coefficient (Wildman–Crippen LogP) is 2.49. The molecule has 0 spiro atoms. The first-order valence-electron chi connectivity index (χ1n) is 5.67. The van der Waals surface area contributed by atoms with Crippen molar-refractivity contribution in [2.24, 2.45) is 0 Å². The molecular weight excluding hydrogens is 286 g/mol. The summed E-state index contributed by atoms with van der Waals surface area (Å²) in [5.74, 6) is 0.540. The van der Waals surface area contributed by atoms with Crippen molar-refractivity contribution in [2.45, 2.75) is 31.3 Å². The van der Waals surface area contributed by atoms with Crippen molar-refractivity contribution in [3.63, 3.8) is 0 Å². The Morgan fingerprint density at radius 2 is 1.68 bits per heavy atom. The molecule has 0 saturated heterocycles. The average molecular weight is 300 g/mol. The molecule has 0 bridgehead atoms. The van der Waals surface area contributed by atoms with Crippen LogP contribution in [0.3, 0.4) is 0 Å². The monoisotopic (exact) mass is 299 g/mol. The van der Waals surface area contributed by atoms with Crippen LogP contribution >= 0.6 is 10.7 Å². The number of benzene rings is 1. The highest BCUT2D eigenvalue weighted by Crippen LogP contribution is 2.27. The predicted molar refractivity (Wildman–Crippen MR) is 73.1 cm³/mol. The zero-order valence-corrected chi connectivity index (χ0v) is 12.4. The Hall–Kier alpha value is -1.40. The second kappa shape index (κ2) is 4.61. The van der Waals surface area contributed by atoms with E-state index in [-0.39, 0.29) is 10.6 Å². The standard InChI is InChI=1S/C12H14ClN3O2S/c1-12(2,3)10-14-15-11(19(13,17)18)16(10)9-7-5-4-6-8-9/h4-8H,1-3H3. The third-order valence-electron chi connectivity index (χ3n) is 2.54. The number of hydrogen-bond donors (Lipinski definition) is 0. The molecule has 0 atom stereocenters. The molecule has 0 radical (unpaired) electrons. The van der Waals surface area contributed by atoms with Gasteiger partial charge in [-0.3, -0.25) is 4.57 Å². The zero-order chi connectivity index (χ0) is 14.3. The Morgan fingerprint density at radius 3 is 2.16 bits per heavy atom. The SMILES string of the molecule is CC(C)(C)c1nnc(S(=O)(=O)Cl)n1-c1ccccc1. The Balaban J connectivity index is 2.79. The van der Waals surface area contributed by atoms with Gasteiger partial charge in [0.05, 0.1) is 0 Å². The van der Waals surface area contributed by atoms with E-state index in [1.165, 1.54) is 4.57 Å². The number of para-hydroxylation sites is 1. The highest BCUT2D eigenvalue weighted by Gasteiger charge is 2.29. The van der Waals surface area contributed by atoms with E-state index in [1.54, 1.807) is 12.1 Å². The summed E-state index contributed by atoms with van der Waals surface area (Å²) in [5.41, 5.74) is 0.305. The first kappa shape index (κ1) is 14.0. The number of rotatable bonds is 2. The Bertz CT molecular complexity index is 688. The maximum atomic E-state index is 11.6. The topological polar surface area (TPSA) is 64.8 Å². The summed E-state index contributed by atoms with van der Waals surface area (Å²) in [6, 6.07) is 9.03. The molecule has 1 heterocycles. The van der Waals surface area contributed by atoms with Crippen LogP contribution < -0.4 is 0 Å². The fraction of sp³-hybridized carbons (Fsp3) is 0.333. The number of aromatic nitrogens is 3. The molecule has 0 aliphatic heterocycles. The van der Waals surface area contributed by atoms with Crippen LogP contribution in [0.1, 0.15) is 26.6 Å². The molecule has 0 N–H and O–H groups in total. The van der Waals surface area contributed by atoms with Crippen molar-refractivity contribution in [3.8, 4) is 5.69 Å². The molecule has 1 aromatic heterocycles. The van der Waals surface area contributed by atoms with Crippen molar-refractivity contribution in [1.82, 2.24) is 14.8 Å². The molecule has 2 aromatic rings. The average Bonchev–Trinajstić information content (AvgIpc) is 2.73. The first-order valence-corrected chi connectivity index (χ1v) is 7.98. The van der Waals surface area contributed by atoms with E-state index in [0.29, 0.717) is 11.5 Å². The molecule has 19 heavy (non-hydrogen) atoms. The van der Waals surface area contributed by atoms with Gasteiger partial charge in [0.25, 0.3) is 14.2 Å². The third kappa shape index (κ3) is 2.79. The van der Waals surface area contributed by atoms with E-state index in [0.717, 1.165) is 0 Å². The lowest BCUT2D eigenvalue weighted by atomic mass is 9.95. The summed E-state index contributed by atoms with van der Waals surface area (Å²) < 4.78 is 24.7. The van der Waals surface area contributed by atoms with Crippen LogP contribution in [-0.4, -0.2) is 23.2 Å². The van der Waals surface area contributed by atoms with E-state index in [4.69, 9.17) is 10.7 Å². The Labute approximate surface area is 116 Å². The molecule has 0 aliphatic rings. The summed E-state index contributed by atoms with van der Waals surface area (Å²) in [7, 11) is 1.47. The third-order valence-corrected chi connectivity index (χ3v) is 3.65. The van der Waals surface area contributed by atoms with Crippen LogP contribution in [0.15, 0.2) is 35.5 Å². The molecule has 7 heteroatoms. The van der Waals surface area contributed by atoms with Gasteiger partial charge in [-0.15, -0.1) is 10.2 Å². The molecular formula is C12H14ClN3O2S. The summed E-state index contributed by atoms with van der Waals surface area (Å²) >= 11 is 0. The molecule has 1 aromatic carbocycles. The van der Waals surface area contributed by atoms with Crippen molar-refractivity contribution in [3.05, 3.63) is 36.2 Å². The second-order valence-corrected chi connectivity index (χ2v) is 7.62.